The zero-order chi connectivity index (χ0) is 17.4. The molecular weight excluding hydrogens is 308 g/mol. The molecule has 0 aliphatic carbocycles. The van der Waals surface area contributed by atoms with Gasteiger partial charge in [-0.05, 0) is 55.0 Å². The van der Waals surface area contributed by atoms with E-state index in [9.17, 15) is 0 Å². The van der Waals surface area contributed by atoms with Crippen molar-refractivity contribution < 1.29 is 0 Å². The van der Waals surface area contributed by atoms with E-state index < -0.39 is 0 Å². The van der Waals surface area contributed by atoms with Crippen LogP contribution in [0.2, 0.25) is 0 Å². The third-order valence-corrected chi connectivity index (χ3v) is 4.41. The van der Waals surface area contributed by atoms with E-state index >= 15 is 0 Å². The van der Waals surface area contributed by atoms with Gasteiger partial charge in [0.1, 0.15) is 11.3 Å². The number of nitrogens with zero attached hydrogens (tertiary/aromatic N) is 4. The van der Waals surface area contributed by atoms with E-state index in [4.69, 9.17) is 4.98 Å². The Kier molecular flexibility index (Phi) is 3.73. The number of para-hydroxylation sites is 1. The Labute approximate surface area is 147 Å². The first-order chi connectivity index (χ1) is 12.1. The molecule has 0 bridgehead atoms. The maximum atomic E-state index is 4.86. The van der Waals surface area contributed by atoms with Gasteiger partial charge < -0.3 is 4.90 Å². The van der Waals surface area contributed by atoms with Crippen LogP contribution < -0.4 is 4.90 Å². The molecule has 0 saturated carbocycles. The molecule has 25 heavy (non-hydrogen) atoms. The van der Waals surface area contributed by atoms with Crippen molar-refractivity contribution in [3.63, 3.8) is 0 Å². The summed E-state index contributed by atoms with van der Waals surface area (Å²) in [5.74, 6) is 0.910. The Hall–Kier alpha value is -3.14. The minimum Gasteiger partial charge on any atom is -0.378 e. The fourth-order valence-corrected chi connectivity index (χ4v) is 3.06. The molecule has 2 heterocycles. The SMILES string of the molecule is Cc1ccccc1-n1c(-c2ccc(N(C)C)cc2)nc2cccnc21. The molecule has 0 atom stereocenters. The van der Waals surface area contributed by atoms with Gasteiger partial charge in [-0.25, -0.2) is 9.97 Å². The number of aryl methyl sites for hydroxylation is 1. The summed E-state index contributed by atoms with van der Waals surface area (Å²) in [6, 6.07) is 20.7. The van der Waals surface area contributed by atoms with Crippen molar-refractivity contribution in [1.82, 2.24) is 14.5 Å². The minimum atomic E-state index is 0.878. The number of pyridine rings is 1. The van der Waals surface area contributed by atoms with Gasteiger partial charge in [-0.15, -0.1) is 0 Å². The Balaban J connectivity index is 1.98. The number of fused-ring (bicyclic) bond motifs is 1. The van der Waals surface area contributed by atoms with Gasteiger partial charge in [0, 0.05) is 31.5 Å². The van der Waals surface area contributed by atoms with Crippen molar-refractivity contribution in [2.24, 2.45) is 0 Å². The van der Waals surface area contributed by atoms with Crippen LogP contribution in [0.1, 0.15) is 5.56 Å². The Bertz CT molecular complexity index is 1030. The standard InChI is InChI=1S/C21H20N4/c1-15-7-4-5-9-19(15)25-20(23-18-8-6-14-22-21(18)25)16-10-12-17(13-11-16)24(2)3/h4-14H,1-3H3. The maximum Gasteiger partial charge on any atom is 0.164 e. The molecule has 0 saturated heterocycles. The summed E-state index contributed by atoms with van der Waals surface area (Å²) in [7, 11) is 4.09. The molecule has 0 amide bonds. The lowest BCUT2D eigenvalue weighted by Crippen LogP contribution is -2.08. The van der Waals surface area contributed by atoms with E-state index in [2.05, 4.69) is 69.9 Å². The Morgan fingerprint density at radius 3 is 2.36 bits per heavy atom. The largest absolute Gasteiger partial charge is 0.378 e. The fourth-order valence-electron chi connectivity index (χ4n) is 3.06. The molecule has 4 heteroatoms. The number of hydrogen-bond donors (Lipinski definition) is 0. The van der Waals surface area contributed by atoms with E-state index in [0.29, 0.717) is 0 Å². The number of benzene rings is 2. The van der Waals surface area contributed by atoms with Crippen molar-refractivity contribution >= 4 is 16.9 Å². The van der Waals surface area contributed by atoms with Crippen LogP contribution in [0.3, 0.4) is 0 Å². The molecule has 0 spiro atoms. The molecule has 0 N–H and O–H groups in total. The normalized spacial score (nSPS) is 11.0. The molecular formula is C21H20N4. The van der Waals surface area contributed by atoms with Crippen LogP contribution >= 0.6 is 0 Å². The fraction of sp³-hybridized carbons (Fsp3) is 0.143. The van der Waals surface area contributed by atoms with Crippen LogP contribution in [-0.4, -0.2) is 28.6 Å². The maximum absolute atomic E-state index is 4.86. The highest BCUT2D eigenvalue weighted by atomic mass is 15.1. The summed E-state index contributed by atoms with van der Waals surface area (Å²) in [6.45, 7) is 2.11. The van der Waals surface area contributed by atoms with Gasteiger partial charge in [-0.2, -0.15) is 0 Å². The number of anilines is 1. The van der Waals surface area contributed by atoms with Crippen molar-refractivity contribution in [2.45, 2.75) is 6.92 Å². The van der Waals surface area contributed by atoms with Gasteiger partial charge in [0.2, 0.25) is 0 Å². The second-order valence-electron chi connectivity index (χ2n) is 6.34. The van der Waals surface area contributed by atoms with Crippen LogP contribution in [0.15, 0.2) is 66.9 Å². The lowest BCUT2D eigenvalue weighted by atomic mass is 10.1. The minimum absolute atomic E-state index is 0.878. The predicted octanol–water partition coefficient (Wildman–Crippen LogP) is 4.46. The molecule has 0 aliphatic rings. The van der Waals surface area contributed by atoms with Crippen molar-refractivity contribution in [3.05, 3.63) is 72.4 Å². The second kappa shape index (κ2) is 6.06. The topological polar surface area (TPSA) is 34.0 Å². The Morgan fingerprint density at radius 2 is 1.64 bits per heavy atom. The van der Waals surface area contributed by atoms with Crippen LogP contribution in [0.4, 0.5) is 5.69 Å². The zero-order valence-corrected chi connectivity index (χ0v) is 14.6. The summed E-state index contributed by atoms with van der Waals surface area (Å²) in [4.78, 5) is 11.5. The molecule has 4 rings (SSSR count). The van der Waals surface area contributed by atoms with Crippen LogP contribution in [0.5, 0.6) is 0 Å². The second-order valence-corrected chi connectivity index (χ2v) is 6.34. The van der Waals surface area contributed by atoms with Gasteiger partial charge in [0.05, 0.1) is 5.69 Å². The van der Waals surface area contributed by atoms with Gasteiger partial charge in [0.25, 0.3) is 0 Å². The third-order valence-electron chi connectivity index (χ3n) is 4.41. The van der Waals surface area contributed by atoms with Gasteiger partial charge in [0.15, 0.2) is 5.65 Å². The molecule has 0 radical (unpaired) electrons. The Morgan fingerprint density at radius 1 is 0.880 bits per heavy atom. The molecule has 4 aromatic rings. The highest BCUT2D eigenvalue weighted by Gasteiger charge is 2.16. The highest BCUT2D eigenvalue weighted by molar-refractivity contribution is 5.80. The monoisotopic (exact) mass is 328 g/mol. The summed E-state index contributed by atoms with van der Waals surface area (Å²) in [5, 5.41) is 0. The summed E-state index contributed by atoms with van der Waals surface area (Å²) in [6.07, 6.45) is 1.82. The van der Waals surface area contributed by atoms with Crippen LogP contribution in [0, 0.1) is 6.92 Å². The molecule has 0 fully saturated rings. The van der Waals surface area contributed by atoms with Crippen molar-refractivity contribution in [3.8, 4) is 17.1 Å². The molecule has 0 aliphatic heterocycles. The first-order valence-electron chi connectivity index (χ1n) is 8.32. The summed E-state index contributed by atoms with van der Waals surface area (Å²) < 4.78 is 2.15. The zero-order valence-electron chi connectivity index (χ0n) is 14.6. The number of hydrogen-bond acceptors (Lipinski definition) is 3. The molecule has 124 valence electrons. The van der Waals surface area contributed by atoms with Crippen LogP contribution in [-0.2, 0) is 0 Å². The number of rotatable bonds is 3. The first-order valence-corrected chi connectivity index (χ1v) is 8.32. The lowest BCUT2D eigenvalue weighted by molar-refractivity contribution is 1.06. The van der Waals surface area contributed by atoms with Crippen molar-refractivity contribution in [1.29, 1.82) is 0 Å². The smallest absolute Gasteiger partial charge is 0.164 e. The van der Waals surface area contributed by atoms with Crippen molar-refractivity contribution in [2.75, 3.05) is 19.0 Å². The van der Waals surface area contributed by atoms with Crippen LogP contribution in [0.25, 0.3) is 28.2 Å². The van der Waals surface area contributed by atoms with Gasteiger partial charge in [-0.3, -0.25) is 4.57 Å². The van der Waals surface area contributed by atoms with E-state index in [0.717, 1.165) is 28.2 Å². The third kappa shape index (κ3) is 2.66. The van der Waals surface area contributed by atoms with E-state index in [1.807, 2.05) is 32.4 Å². The first kappa shape index (κ1) is 15.4. The molecule has 0 unspecified atom stereocenters. The van der Waals surface area contributed by atoms with E-state index in [-0.39, 0.29) is 0 Å². The quantitative estimate of drug-likeness (QED) is 0.557. The summed E-state index contributed by atoms with van der Waals surface area (Å²) in [5.41, 5.74) is 6.32. The molecule has 4 nitrogen and oxygen atoms in total. The predicted molar refractivity (Wildman–Crippen MR) is 103 cm³/mol. The van der Waals surface area contributed by atoms with E-state index in [1.165, 1.54) is 11.3 Å². The molecule has 2 aromatic heterocycles. The average Bonchev–Trinajstić information content (AvgIpc) is 3.01. The lowest BCUT2D eigenvalue weighted by Gasteiger charge is -2.14. The number of imidazole rings is 1. The summed E-state index contributed by atoms with van der Waals surface area (Å²) >= 11 is 0. The molecule has 2 aromatic carbocycles. The number of aromatic nitrogens is 3. The van der Waals surface area contributed by atoms with Gasteiger partial charge >= 0.3 is 0 Å². The van der Waals surface area contributed by atoms with E-state index in [1.54, 1.807) is 0 Å². The highest BCUT2D eigenvalue weighted by Crippen LogP contribution is 2.29. The average molecular weight is 328 g/mol. The van der Waals surface area contributed by atoms with Gasteiger partial charge in [-0.1, -0.05) is 18.2 Å².